The maximum absolute atomic E-state index is 6.12. The Kier molecular flexibility index (Phi) is 3.80. The van der Waals surface area contributed by atoms with Crippen LogP contribution in [0.5, 0.6) is 5.75 Å². The zero-order chi connectivity index (χ0) is 13.9. The van der Waals surface area contributed by atoms with Gasteiger partial charge in [-0.15, -0.1) is 0 Å². The summed E-state index contributed by atoms with van der Waals surface area (Å²) < 4.78 is 5.79. The minimum atomic E-state index is 0.424. The molecule has 0 spiro atoms. The second-order valence-corrected chi connectivity index (χ2v) is 5.23. The van der Waals surface area contributed by atoms with Crippen LogP contribution in [0.3, 0.4) is 0 Å². The molecular formula is C14H15ClN4O. The van der Waals surface area contributed by atoms with Gasteiger partial charge in [-0.3, -0.25) is 4.90 Å². The molecule has 0 bridgehead atoms. The first-order chi connectivity index (χ1) is 9.74. The standard InChI is InChI=1S/C14H15ClN4O/c1-19-3-2-11(19)8-20-12-4-13(14(15)18-7-12)10-5-16-9-17-6-10/h4-7,9,11H,2-3,8H2,1H3. The van der Waals surface area contributed by atoms with Crippen LogP contribution >= 0.6 is 11.6 Å². The van der Waals surface area contributed by atoms with Crippen molar-refractivity contribution in [2.24, 2.45) is 0 Å². The summed E-state index contributed by atoms with van der Waals surface area (Å²) in [6, 6.07) is 2.38. The third-order valence-electron chi connectivity index (χ3n) is 3.57. The highest BCUT2D eigenvalue weighted by atomic mass is 35.5. The van der Waals surface area contributed by atoms with Crippen molar-refractivity contribution in [3.63, 3.8) is 0 Å². The number of likely N-dealkylation sites (tertiary alicyclic amines) is 1. The van der Waals surface area contributed by atoms with Crippen LogP contribution in [0.15, 0.2) is 31.0 Å². The van der Waals surface area contributed by atoms with Gasteiger partial charge in [0.2, 0.25) is 0 Å². The molecule has 3 heterocycles. The first-order valence-corrected chi connectivity index (χ1v) is 6.86. The Morgan fingerprint density at radius 2 is 2.15 bits per heavy atom. The second kappa shape index (κ2) is 5.73. The Morgan fingerprint density at radius 3 is 2.80 bits per heavy atom. The minimum absolute atomic E-state index is 0.424. The van der Waals surface area contributed by atoms with E-state index in [1.54, 1.807) is 18.6 Å². The number of hydrogen-bond donors (Lipinski definition) is 0. The van der Waals surface area contributed by atoms with E-state index in [4.69, 9.17) is 16.3 Å². The van der Waals surface area contributed by atoms with Crippen LogP contribution in [0, 0.1) is 0 Å². The number of hydrogen-bond acceptors (Lipinski definition) is 5. The normalized spacial score (nSPS) is 18.6. The molecular weight excluding hydrogens is 276 g/mol. The summed E-state index contributed by atoms with van der Waals surface area (Å²) >= 11 is 6.12. The molecule has 0 N–H and O–H groups in total. The van der Waals surface area contributed by atoms with E-state index in [0.717, 1.165) is 17.7 Å². The third-order valence-corrected chi connectivity index (χ3v) is 3.87. The Hall–Kier alpha value is -1.72. The highest BCUT2D eigenvalue weighted by Gasteiger charge is 2.24. The summed E-state index contributed by atoms with van der Waals surface area (Å²) in [6.45, 7) is 1.81. The molecule has 0 aliphatic carbocycles. The minimum Gasteiger partial charge on any atom is -0.490 e. The maximum Gasteiger partial charge on any atom is 0.138 e. The van der Waals surface area contributed by atoms with Gasteiger partial charge in [0.25, 0.3) is 0 Å². The van der Waals surface area contributed by atoms with Gasteiger partial charge in [0.05, 0.1) is 6.20 Å². The fourth-order valence-electron chi connectivity index (χ4n) is 2.12. The molecule has 0 radical (unpaired) electrons. The molecule has 1 aliphatic heterocycles. The molecule has 0 saturated carbocycles. The van der Waals surface area contributed by atoms with Crippen LogP contribution in [-0.4, -0.2) is 46.1 Å². The number of ether oxygens (including phenoxy) is 1. The van der Waals surface area contributed by atoms with E-state index in [9.17, 15) is 0 Å². The SMILES string of the molecule is CN1CCC1COc1cnc(Cl)c(-c2cncnc2)c1. The van der Waals surface area contributed by atoms with Gasteiger partial charge in [0.1, 0.15) is 23.8 Å². The van der Waals surface area contributed by atoms with Gasteiger partial charge in [0, 0.05) is 29.6 Å². The van der Waals surface area contributed by atoms with E-state index in [1.165, 1.54) is 12.7 Å². The second-order valence-electron chi connectivity index (χ2n) is 4.87. The fourth-order valence-corrected chi connectivity index (χ4v) is 2.33. The Labute approximate surface area is 122 Å². The Balaban J connectivity index is 1.76. The lowest BCUT2D eigenvalue weighted by Crippen LogP contribution is -2.48. The molecule has 20 heavy (non-hydrogen) atoms. The van der Waals surface area contributed by atoms with Crippen molar-refractivity contribution in [3.8, 4) is 16.9 Å². The van der Waals surface area contributed by atoms with Gasteiger partial charge in [-0.25, -0.2) is 15.0 Å². The first kappa shape index (κ1) is 13.3. The van der Waals surface area contributed by atoms with Crippen LogP contribution in [0.2, 0.25) is 5.15 Å². The third kappa shape index (κ3) is 2.73. The monoisotopic (exact) mass is 290 g/mol. The summed E-state index contributed by atoms with van der Waals surface area (Å²) in [6.07, 6.45) is 7.72. The Bertz CT molecular complexity index is 593. The number of rotatable bonds is 4. The Morgan fingerprint density at radius 1 is 1.35 bits per heavy atom. The molecule has 5 nitrogen and oxygen atoms in total. The lowest BCUT2D eigenvalue weighted by molar-refractivity contribution is 0.0768. The quantitative estimate of drug-likeness (QED) is 0.809. The van der Waals surface area contributed by atoms with Crippen molar-refractivity contribution in [2.45, 2.75) is 12.5 Å². The van der Waals surface area contributed by atoms with Gasteiger partial charge in [-0.2, -0.15) is 0 Å². The number of halogens is 1. The van der Waals surface area contributed by atoms with Crippen molar-refractivity contribution in [1.82, 2.24) is 19.9 Å². The van der Waals surface area contributed by atoms with Crippen molar-refractivity contribution < 1.29 is 4.74 Å². The highest BCUT2D eigenvalue weighted by Crippen LogP contribution is 2.29. The van der Waals surface area contributed by atoms with E-state index in [0.29, 0.717) is 23.6 Å². The summed E-state index contributed by atoms with van der Waals surface area (Å²) in [5, 5.41) is 0.424. The van der Waals surface area contributed by atoms with Gasteiger partial charge in [0.15, 0.2) is 0 Å². The average Bonchev–Trinajstić information content (AvgIpc) is 2.48. The van der Waals surface area contributed by atoms with Crippen LogP contribution < -0.4 is 4.74 Å². The predicted octanol–water partition coefficient (Wildman–Crippen LogP) is 2.27. The van der Waals surface area contributed by atoms with E-state index in [1.807, 2.05) is 6.07 Å². The molecule has 0 amide bonds. The molecule has 2 aromatic rings. The topological polar surface area (TPSA) is 51.1 Å². The molecule has 1 aliphatic rings. The molecule has 1 fully saturated rings. The summed E-state index contributed by atoms with van der Waals surface area (Å²) in [5.74, 6) is 0.716. The largest absolute Gasteiger partial charge is 0.490 e. The van der Waals surface area contributed by atoms with E-state index in [-0.39, 0.29) is 0 Å². The molecule has 1 atom stereocenters. The van der Waals surface area contributed by atoms with E-state index >= 15 is 0 Å². The van der Waals surface area contributed by atoms with Crippen molar-refractivity contribution in [2.75, 3.05) is 20.2 Å². The van der Waals surface area contributed by atoms with Crippen molar-refractivity contribution >= 4 is 11.6 Å². The lowest BCUT2D eigenvalue weighted by atomic mass is 10.1. The zero-order valence-corrected chi connectivity index (χ0v) is 11.9. The molecule has 3 rings (SSSR count). The summed E-state index contributed by atoms with van der Waals surface area (Å²) in [4.78, 5) is 14.4. The van der Waals surface area contributed by atoms with E-state index in [2.05, 4.69) is 26.9 Å². The lowest BCUT2D eigenvalue weighted by Gasteiger charge is -2.37. The molecule has 1 saturated heterocycles. The van der Waals surface area contributed by atoms with Crippen LogP contribution in [0.25, 0.3) is 11.1 Å². The molecule has 0 aromatic carbocycles. The van der Waals surface area contributed by atoms with Gasteiger partial charge >= 0.3 is 0 Å². The summed E-state index contributed by atoms with van der Waals surface area (Å²) in [5.41, 5.74) is 1.61. The zero-order valence-electron chi connectivity index (χ0n) is 11.2. The average molecular weight is 291 g/mol. The predicted molar refractivity (Wildman–Crippen MR) is 76.8 cm³/mol. The number of aromatic nitrogens is 3. The van der Waals surface area contributed by atoms with Crippen LogP contribution in [-0.2, 0) is 0 Å². The molecule has 2 aromatic heterocycles. The summed E-state index contributed by atoms with van der Waals surface area (Å²) in [7, 11) is 2.10. The van der Waals surface area contributed by atoms with Crippen LogP contribution in [0.1, 0.15) is 6.42 Å². The van der Waals surface area contributed by atoms with E-state index < -0.39 is 0 Å². The number of likely N-dealkylation sites (N-methyl/N-ethyl adjacent to an activating group) is 1. The first-order valence-electron chi connectivity index (χ1n) is 6.48. The maximum atomic E-state index is 6.12. The molecule has 104 valence electrons. The fraction of sp³-hybridized carbons (Fsp3) is 0.357. The highest BCUT2D eigenvalue weighted by molar-refractivity contribution is 6.32. The molecule has 1 unspecified atom stereocenters. The number of nitrogens with zero attached hydrogens (tertiary/aromatic N) is 4. The number of pyridine rings is 1. The smallest absolute Gasteiger partial charge is 0.138 e. The van der Waals surface area contributed by atoms with Crippen molar-refractivity contribution in [1.29, 1.82) is 0 Å². The van der Waals surface area contributed by atoms with Gasteiger partial charge in [-0.05, 0) is 26.1 Å². The van der Waals surface area contributed by atoms with Crippen LogP contribution in [0.4, 0.5) is 0 Å². The van der Waals surface area contributed by atoms with Crippen molar-refractivity contribution in [3.05, 3.63) is 36.1 Å². The van der Waals surface area contributed by atoms with Gasteiger partial charge in [-0.1, -0.05) is 11.6 Å². The van der Waals surface area contributed by atoms with Gasteiger partial charge < -0.3 is 4.74 Å². The molecule has 6 heteroatoms.